The number of hydrogen-bond acceptors (Lipinski definition) is 9. The summed E-state index contributed by atoms with van der Waals surface area (Å²) in [7, 11) is 0. The number of nitrogens with zero attached hydrogens (tertiary/aromatic N) is 2. The van der Waals surface area contributed by atoms with E-state index in [9.17, 15) is 34.2 Å². The van der Waals surface area contributed by atoms with E-state index in [1.807, 2.05) is 0 Å². The highest BCUT2D eigenvalue weighted by Gasteiger charge is 2.17. The Morgan fingerprint density at radius 3 is 1.64 bits per heavy atom. The molecule has 0 saturated heterocycles. The van der Waals surface area contributed by atoms with E-state index in [4.69, 9.17) is 9.47 Å². The average molecular weight is 456 g/mol. The van der Waals surface area contributed by atoms with Gasteiger partial charge < -0.3 is 19.7 Å². The van der Waals surface area contributed by atoms with Crippen molar-refractivity contribution in [3.05, 3.63) is 47.5 Å². The number of azo groups is 1. The lowest BCUT2D eigenvalue weighted by Gasteiger charge is -2.08. The maximum absolute atomic E-state index is 11.7. The standard InChI is InChI=1S/C22H20N2O9/c1-3-4-19(26)32-17-7-5-13(10-15(17)21(28)29)23-24-14-6-8-18(16(11-14)22(30)31)33-20(27)9-12(2)25/h5-8,10-11H,3-4,9H2,1-2H3,(H,28,29)(H,30,31)/b24-23+. The number of ether oxygens (including phenoxy) is 2. The predicted octanol–water partition coefficient (Wildman–Crippen LogP) is 4.09. The van der Waals surface area contributed by atoms with Gasteiger partial charge >= 0.3 is 23.9 Å². The number of esters is 2. The second-order valence-corrected chi connectivity index (χ2v) is 6.75. The molecule has 0 aliphatic heterocycles. The molecule has 2 N–H and O–H groups in total. The van der Waals surface area contributed by atoms with E-state index in [0.29, 0.717) is 6.42 Å². The van der Waals surface area contributed by atoms with Gasteiger partial charge in [0.25, 0.3) is 0 Å². The Hall–Kier alpha value is -4.41. The van der Waals surface area contributed by atoms with Crippen LogP contribution in [-0.4, -0.2) is 39.9 Å². The third-order valence-corrected chi connectivity index (χ3v) is 3.96. The summed E-state index contributed by atoms with van der Waals surface area (Å²) in [4.78, 5) is 57.3. The summed E-state index contributed by atoms with van der Waals surface area (Å²) < 4.78 is 9.98. The summed E-state index contributed by atoms with van der Waals surface area (Å²) in [6.45, 7) is 2.97. The van der Waals surface area contributed by atoms with Gasteiger partial charge in [0.2, 0.25) is 0 Å². The molecule has 0 aromatic heterocycles. The van der Waals surface area contributed by atoms with Crippen LogP contribution >= 0.6 is 0 Å². The van der Waals surface area contributed by atoms with Gasteiger partial charge in [-0.15, -0.1) is 0 Å². The van der Waals surface area contributed by atoms with Crippen molar-refractivity contribution in [2.24, 2.45) is 10.2 Å². The number of carboxylic acids is 2. The Balaban J connectivity index is 2.28. The minimum Gasteiger partial charge on any atom is -0.478 e. The second kappa shape index (κ2) is 11.3. The van der Waals surface area contributed by atoms with Gasteiger partial charge in [-0.2, -0.15) is 10.2 Å². The highest BCUT2D eigenvalue weighted by Crippen LogP contribution is 2.29. The Bertz CT molecular complexity index is 1140. The zero-order valence-electron chi connectivity index (χ0n) is 17.7. The van der Waals surface area contributed by atoms with Crippen molar-refractivity contribution in [1.82, 2.24) is 0 Å². The molecule has 11 nitrogen and oxygen atoms in total. The van der Waals surface area contributed by atoms with E-state index < -0.39 is 36.1 Å². The number of hydrogen-bond donors (Lipinski definition) is 2. The molecule has 0 unspecified atom stereocenters. The summed E-state index contributed by atoms with van der Waals surface area (Å²) in [6, 6.07) is 7.41. The average Bonchev–Trinajstić information content (AvgIpc) is 2.73. The first-order valence-corrected chi connectivity index (χ1v) is 9.68. The Kier molecular flexibility index (Phi) is 8.49. The first kappa shape index (κ1) is 24.9. The highest BCUT2D eigenvalue weighted by molar-refractivity contribution is 5.97. The number of aromatic carboxylic acids is 2. The zero-order chi connectivity index (χ0) is 24.5. The van der Waals surface area contributed by atoms with Gasteiger partial charge in [0.1, 0.15) is 34.8 Å². The van der Waals surface area contributed by atoms with Crippen LogP contribution in [0.15, 0.2) is 46.6 Å². The molecule has 2 aromatic rings. The van der Waals surface area contributed by atoms with Crippen LogP contribution < -0.4 is 9.47 Å². The lowest BCUT2D eigenvalue weighted by atomic mass is 10.1. The van der Waals surface area contributed by atoms with Crippen molar-refractivity contribution >= 4 is 41.0 Å². The lowest BCUT2D eigenvalue weighted by Crippen LogP contribution is -2.13. The lowest BCUT2D eigenvalue weighted by molar-refractivity contribution is -0.137. The van der Waals surface area contributed by atoms with Gasteiger partial charge in [-0.1, -0.05) is 6.92 Å². The molecule has 0 saturated carbocycles. The molecule has 11 heteroatoms. The first-order valence-electron chi connectivity index (χ1n) is 9.68. The van der Waals surface area contributed by atoms with Crippen molar-refractivity contribution in [2.75, 3.05) is 0 Å². The molecule has 33 heavy (non-hydrogen) atoms. The van der Waals surface area contributed by atoms with E-state index in [2.05, 4.69) is 10.2 Å². The Labute approximate surface area is 187 Å². The predicted molar refractivity (Wildman–Crippen MR) is 112 cm³/mol. The fourth-order valence-corrected chi connectivity index (χ4v) is 2.53. The van der Waals surface area contributed by atoms with Crippen molar-refractivity contribution in [1.29, 1.82) is 0 Å². The molecule has 0 amide bonds. The summed E-state index contributed by atoms with van der Waals surface area (Å²) in [5.74, 6) is -5.04. The molecule has 0 radical (unpaired) electrons. The summed E-state index contributed by atoms with van der Waals surface area (Å²) in [5, 5.41) is 26.5. The quantitative estimate of drug-likeness (QED) is 0.231. The SMILES string of the molecule is CCCC(=O)Oc1ccc(/N=N/c2ccc(OC(=O)CC(C)=O)c(C(=O)O)c2)cc1C(=O)O. The van der Waals surface area contributed by atoms with Crippen LogP contribution in [0, 0.1) is 0 Å². The molecule has 0 bridgehead atoms. The summed E-state index contributed by atoms with van der Waals surface area (Å²) in [5.41, 5.74) is -0.492. The van der Waals surface area contributed by atoms with E-state index in [-0.39, 0.29) is 40.4 Å². The van der Waals surface area contributed by atoms with Crippen molar-refractivity contribution < 1.29 is 43.7 Å². The molecule has 0 fully saturated rings. The molecule has 0 atom stereocenters. The molecule has 0 heterocycles. The van der Waals surface area contributed by atoms with Gasteiger partial charge in [0.15, 0.2) is 0 Å². The molecule has 0 spiro atoms. The number of ketones is 1. The normalized spacial score (nSPS) is 10.6. The molecule has 0 aliphatic carbocycles. The second-order valence-electron chi connectivity index (χ2n) is 6.75. The molecule has 2 aromatic carbocycles. The van der Waals surface area contributed by atoms with Gasteiger partial charge in [-0.05, 0) is 49.7 Å². The number of carbonyl (C=O) groups excluding carboxylic acids is 3. The van der Waals surface area contributed by atoms with Crippen LogP contribution in [0.3, 0.4) is 0 Å². The minimum absolute atomic E-state index is 0.0779. The topological polar surface area (TPSA) is 169 Å². The monoisotopic (exact) mass is 456 g/mol. The van der Waals surface area contributed by atoms with Crippen molar-refractivity contribution in [3.8, 4) is 11.5 Å². The molecule has 0 aliphatic rings. The fourth-order valence-electron chi connectivity index (χ4n) is 2.53. The Morgan fingerprint density at radius 2 is 1.24 bits per heavy atom. The largest absolute Gasteiger partial charge is 0.478 e. The molecular formula is C22H20N2O9. The van der Waals surface area contributed by atoms with Gasteiger partial charge in [-0.3, -0.25) is 14.4 Å². The first-order chi connectivity index (χ1) is 15.6. The number of Topliss-reactive ketones (excluding diaryl/α,β-unsaturated/α-hetero) is 1. The maximum atomic E-state index is 11.7. The van der Waals surface area contributed by atoms with E-state index in [1.165, 1.54) is 31.2 Å². The number of carbonyl (C=O) groups is 5. The van der Waals surface area contributed by atoms with Crippen LogP contribution in [0.2, 0.25) is 0 Å². The number of carboxylic acid groups (broad SMARTS) is 2. The van der Waals surface area contributed by atoms with Crippen LogP contribution in [0.5, 0.6) is 11.5 Å². The zero-order valence-corrected chi connectivity index (χ0v) is 17.7. The smallest absolute Gasteiger partial charge is 0.339 e. The minimum atomic E-state index is -1.40. The summed E-state index contributed by atoms with van der Waals surface area (Å²) in [6.07, 6.45) is 0.170. The number of benzene rings is 2. The molecule has 2 rings (SSSR count). The maximum Gasteiger partial charge on any atom is 0.339 e. The van der Waals surface area contributed by atoms with E-state index in [1.54, 1.807) is 6.92 Å². The van der Waals surface area contributed by atoms with Crippen LogP contribution in [0.1, 0.15) is 53.8 Å². The van der Waals surface area contributed by atoms with Gasteiger partial charge in [0.05, 0.1) is 11.4 Å². The van der Waals surface area contributed by atoms with Crippen LogP contribution in [0.25, 0.3) is 0 Å². The number of rotatable bonds is 10. The third kappa shape index (κ3) is 7.35. The van der Waals surface area contributed by atoms with Crippen LogP contribution in [0.4, 0.5) is 11.4 Å². The highest BCUT2D eigenvalue weighted by atomic mass is 16.5. The third-order valence-electron chi connectivity index (χ3n) is 3.96. The van der Waals surface area contributed by atoms with Gasteiger partial charge in [0, 0.05) is 6.42 Å². The Morgan fingerprint density at radius 1 is 0.788 bits per heavy atom. The van der Waals surface area contributed by atoms with E-state index in [0.717, 1.165) is 12.1 Å². The van der Waals surface area contributed by atoms with Crippen LogP contribution in [-0.2, 0) is 14.4 Å². The van der Waals surface area contributed by atoms with Crippen molar-refractivity contribution in [2.45, 2.75) is 33.1 Å². The molecular weight excluding hydrogens is 436 g/mol. The summed E-state index contributed by atoms with van der Waals surface area (Å²) >= 11 is 0. The fraction of sp³-hybridized carbons (Fsp3) is 0.227. The molecule has 172 valence electrons. The van der Waals surface area contributed by atoms with E-state index >= 15 is 0 Å². The van der Waals surface area contributed by atoms with Crippen molar-refractivity contribution in [3.63, 3.8) is 0 Å². The van der Waals surface area contributed by atoms with Gasteiger partial charge in [-0.25, -0.2) is 9.59 Å².